The number of benzene rings is 2. The van der Waals surface area contributed by atoms with E-state index in [1.165, 1.54) is 0 Å². The molecular weight excluding hydrogens is 274 g/mol. The van der Waals surface area contributed by atoms with Gasteiger partial charge in [0.05, 0.1) is 17.5 Å². The number of aromatic nitrogens is 2. The number of rotatable bonds is 5. The molecule has 0 radical (unpaired) electrons. The van der Waals surface area contributed by atoms with Crippen molar-refractivity contribution in [2.45, 2.75) is 19.8 Å². The lowest BCUT2D eigenvalue weighted by Gasteiger charge is -2.06. The van der Waals surface area contributed by atoms with E-state index in [1.807, 2.05) is 55.5 Å². The van der Waals surface area contributed by atoms with Crippen LogP contribution in [0.1, 0.15) is 17.0 Å². The Kier molecular flexibility index (Phi) is 4.19. The second-order valence-electron chi connectivity index (χ2n) is 5.40. The van der Waals surface area contributed by atoms with Gasteiger partial charge in [-0.05, 0) is 30.2 Å². The normalized spacial score (nSPS) is 10.8. The van der Waals surface area contributed by atoms with Crippen molar-refractivity contribution in [3.8, 4) is 0 Å². The van der Waals surface area contributed by atoms with Crippen LogP contribution in [0.15, 0.2) is 48.5 Å². The van der Waals surface area contributed by atoms with Crippen LogP contribution in [0.4, 0.5) is 0 Å². The number of aromatic amines is 1. The van der Waals surface area contributed by atoms with Crippen molar-refractivity contribution in [3.05, 3.63) is 65.5 Å². The van der Waals surface area contributed by atoms with Gasteiger partial charge in [0.1, 0.15) is 5.82 Å². The molecule has 0 aliphatic rings. The fourth-order valence-electron chi connectivity index (χ4n) is 2.49. The third-order valence-electron chi connectivity index (χ3n) is 3.73. The van der Waals surface area contributed by atoms with E-state index in [2.05, 4.69) is 15.3 Å². The fraction of sp³-hybridized carbons (Fsp3) is 0.222. The minimum atomic E-state index is 0.0467. The fourth-order valence-corrected chi connectivity index (χ4v) is 2.49. The summed E-state index contributed by atoms with van der Waals surface area (Å²) < 4.78 is 0. The van der Waals surface area contributed by atoms with Crippen molar-refractivity contribution < 1.29 is 4.79 Å². The number of fused-ring (bicyclic) bond motifs is 1. The van der Waals surface area contributed by atoms with Crippen molar-refractivity contribution in [1.29, 1.82) is 0 Å². The first-order chi connectivity index (χ1) is 10.7. The standard InChI is InChI=1S/C18H19N3O/c1-13-6-2-3-7-14(13)12-18(22)19-11-10-17-20-15-8-4-5-9-16(15)21-17/h2-9H,10-12H2,1H3,(H,19,22)(H,20,21). The van der Waals surface area contributed by atoms with Crippen LogP contribution in [0.3, 0.4) is 0 Å². The second kappa shape index (κ2) is 6.43. The summed E-state index contributed by atoms with van der Waals surface area (Å²) in [7, 11) is 0. The number of para-hydroxylation sites is 2. The Morgan fingerprint density at radius 2 is 1.91 bits per heavy atom. The van der Waals surface area contributed by atoms with Crippen LogP contribution in [0, 0.1) is 6.92 Å². The molecule has 0 bridgehead atoms. The maximum atomic E-state index is 12.0. The zero-order valence-corrected chi connectivity index (χ0v) is 12.6. The number of amides is 1. The Labute approximate surface area is 129 Å². The summed E-state index contributed by atoms with van der Waals surface area (Å²) in [5.74, 6) is 0.947. The number of nitrogens with zero attached hydrogens (tertiary/aromatic N) is 1. The summed E-state index contributed by atoms with van der Waals surface area (Å²) in [6, 6.07) is 15.9. The average Bonchev–Trinajstić information content (AvgIpc) is 2.92. The maximum absolute atomic E-state index is 12.0. The molecule has 2 N–H and O–H groups in total. The van der Waals surface area contributed by atoms with E-state index in [0.29, 0.717) is 19.4 Å². The molecule has 22 heavy (non-hydrogen) atoms. The third kappa shape index (κ3) is 3.34. The molecule has 112 valence electrons. The summed E-state index contributed by atoms with van der Waals surface area (Å²) in [6.45, 7) is 2.61. The molecular formula is C18H19N3O. The van der Waals surface area contributed by atoms with Crippen molar-refractivity contribution in [3.63, 3.8) is 0 Å². The van der Waals surface area contributed by atoms with Crippen LogP contribution < -0.4 is 5.32 Å². The summed E-state index contributed by atoms with van der Waals surface area (Å²) in [4.78, 5) is 19.8. The van der Waals surface area contributed by atoms with Crippen molar-refractivity contribution in [1.82, 2.24) is 15.3 Å². The molecule has 0 fully saturated rings. The molecule has 0 atom stereocenters. The summed E-state index contributed by atoms with van der Waals surface area (Å²) in [6.07, 6.45) is 1.13. The largest absolute Gasteiger partial charge is 0.355 e. The first kappa shape index (κ1) is 14.3. The number of carbonyl (C=O) groups excluding carboxylic acids is 1. The predicted molar refractivity (Wildman–Crippen MR) is 87.7 cm³/mol. The molecule has 4 heteroatoms. The van der Waals surface area contributed by atoms with Gasteiger partial charge in [-0.1, -0.05) is 36.4 Å². The number of imidazole rings is 1. The van der Waals surface area contributed by atoms with Crippen molar-refractivity contribution >= 4 is 16.9 Å². The lowest BCUT2D eigenvalue weighted by Crippen LogP contribution is -2.27. The van der Waals surface area contributed by atoms with E-state index in [4.69, 9.17) is 0 Å². The molecule has 0 saturated carbocycles. The van der Waals surface area contributed by atoms with Gasteiger partial charge in [-0.2, -0.15) is 0 Å². The molecule has 0 saturated heterocycles. The molecule has 3 aromatic rings. The molecule has 0 unspecified atom stereocenters. The molecule has 3 rings (SSSR count). The molecule has 0 aliphatic carbocycles. The van der Waals surface area contributed by atoms with Gasteiger partial charge in [0.2, 0.25) is 5.91 Å². The highest BCUT2D eigenvalue weighted by Gasteiger charge is 2.06. The van der Waals surface area contributed by atoms with Crippen molar-refractivity contribution in [2.24, 2.45) is 0 Å². The van der Waals surface area contributed by atoms with Gasteiger partial charge >= 0.3 is 0 Å². The Hall–Kier alpha value is -2.62. The summed E-state index contributed by atoms with van der Waals surface area (Å²) >= 11 is 0. The van der Waals surface area contributed by atoms with Gasteiger partial charge in [-0.3, -0.25) is 4.79 Å². The highest BCUT2D eigenvalue weighted by molar-refractivity contribution is 5.79. The number of aryl methyl sites for hydroxylation is 1. The zero-order chi connectivity index (χ0) is 15.4. The minimum Gasteiger partial charge on any atom is -0.355 e. The SMILES string of the molecule is Cc1ccccc1CC(=O)NCCc1nc2ccccc2[nH]1. The average molecular weight is 293 g/mol. The lowest BCUT2D eigenvalue weighted by molar-refractivity contribution is -0.120. The van der Waals surface area contributed by atoms with Gasteiger partial charge < -0.3 is 10.3 Å². The van der Waals surface area contributed by atoms with E-state index in [9.17, 15) is 4.79 Å². The number of hydrogen-bond acceptors (Lipinski definition) is 2. The van der Waals surface area contributed by atoms with Crippen LogP contribution in [-0.2, 0) is 17.6 Å². The van der Waals surface area contributed by atoms with Crippen LogP contribution >= 0.6 is 0 Å². The van der Waals surface area contributed by atoms with Gasteiger partial charge in [0.25, 0.3) is 0 Å². The predicted octanol–water partition coefficient (Wildman–Crippen LogP) is 2.77. The van der Waals surface area contributed by atoms with Gasteiger partial charge in [-0.15, -0.1) is 0 Å². The first-order valence-electron chi connectivity index (χ1n) is 7.47. The van der Waals surface area contributed by atoms with E-state index >= 15 is 0 Å². The van der Waals surface area contributed by atoms with E-state index in [1.54, 1.807) is 0 Å². The number of carbonyl (C=O) groups is 1. The summed E-state index contributed by atoms with van der Waals surface area (Å²) in [5.41, 5.74) is 4.21. The molecule has 0 spiro atoms. The topological polar surface area (TPSA) is 57.8 Å². The highest BCUT2D eigenvalue weighted by atomic mass is 16.1. The smallest absolute Gasteiger partial charge is 0.224 e. The molecule has 4 nitrogen and oxygen atoms in total. The number of hydrogen-bond donors (Lipinski definition) is 2. The lowest BCUT2D eigenvalue weighted by atomic mass is 10.1. The van der Waals surface area contributed by atoms with Crippen LogP contribution in [-0.4, -0.2) is 22.4 Å². The van der Waals surface area contributed by atoms with E-state index in [-0.39, 0.29) is 5.91 Å². The second-order valence-corrected chi connectivity index (χ2v) is 5.40. The Morgan fingerprint density at radius 1 is 1.14 bits per heavy atom. The maximum Gasteiger partial charge on any atom is 0.224 e. The Bertz CT molecular complexity index is 759. The summed E-state index contributed by atoms with van der Waals surface area (Å²) in [5, 5.41) is 2.95. The third-order valence-corrected chi connectivity index (χ3v) is 3.73. The quantitative estimate of drug-likeness (QED) is 0.760. The van der Waals surface area contributed by atoms with Gasteiger partial charge in [-0.25, -0.2) is 4.98 Å². The first-order valence-corrected chi connectivity index (χ1v) is 7.47. The zero-order valence-electron chi connectivity index (χ0n) is 12.6. The number of H-pyrrole nitrogens is 1. The number of nitrogens with one attached hydrogen (secondary N) is 2. The Morgan fingerprint density at radius 3 is 2.73 bits per heavy atom. The molecule has 0 aliphatic heterocycles. The molecule has 1 aromatic heterocycles. The van der Waals surface area contributed by atoms with Gasteiger partial charge in [0, 0.05) is 13.0 Å². The van der Waals surface area contributed by atoms with Crippen LogP contribution in [0.5, 0.6) is 0 Å². The highest BCUT2D eigenvalue weighted by Crippen LogP contribution is 2.10. The van der Waals surface area contributed by atoms with E-state index in [0.717, 1.165) is 28.0 Å². The van der Waals surface area contributed by atoms with Gasteiger partial charge in [0.15, 0.2) is 0 Å². The minimum absolute atomic E-state index is 0.0467. The van der Waals surface area contributed by atoms with Crippen LogP contribution in [0.2, 0.25) is 0 Å². The molecule has 1 amide bonds. The Balaban J connectivity index is 1.52. The monoisotopic (exact) mass is 293 g/mol. The molecule has 2 aromatic carbocycles. The van der Waals surface area contributed by atoms with Crippen molar-refractivity contribution in [2.75, 3.05) is 6.54 Å². The van der Waals surface area contributed by atoms with E-state index < -0.39 is 0 Å². The molecule has 1 heterocycles. The van der Waals surface area contributed by atoms with Crippen LogP contribution in [0.25, 0.3) is 11.0 Å².